The van der Waals surface area contributed by atoms with Gasteiger partial charge in [-0.3, -0.25) is 0 Å². The third-order valence-electron chi connectivity index (χ3n) is 3.61. The van der Waals surface area contributed by atoms with E-state index in [1.807, 2.05) is 6.92 Å². The van der Waals surface area contributed by atoms with Crippen LogP contribution in [0.3, 0.4) is 0 Å². The van der Waals surface area contributed by atoms with Crippen molar-refractivity contribution in [3.8, 4) is 0 Å². The Morgan fingerprint density at radius 3 is 2.60 bits per heavy atom. The van der Waals surface area contributed by atoms with Gasteiger partial charge >= 0.3 is 0 Å². The second kappa shape index (κ2) is 3.56. The fourth-order valence-electron chi connectivity index (χ4n) is 1.83. The van der Waals surface area contributed by atoms with Crippen molar-refractivity contribution in [2.45, 2.75) is 52.0 Å². The van der Waals surface area contributed by atoms with Crippen molar-refractivity contribution in [1.29, 1.82) is 0 Å². The van der Waals surface area contributed by atoms with Crippen LogP contribution in [0.4, 0.5) is 0 Å². The van der Waals surface area contributed by atoms with E-state index in [4.69, 9.17) is 10.7 Å². The molecule has 1 aliphatic carbocycles. The minimum atomic E-state index is 0.187. The second-order valence-corrected chi connectivity index (χ2v) is 6.39. The highest BCUT2D eigenvalue weighted by molar-refractivity contribution is 7.09. The third-order valence-corrected chi connectivity index (χ3v) is 4.58. The molecule has 1 aliphatic rings. The van der Waals surface area contributed by atoms with E-state index >= 15 is 0 Å². The van der Waals surface area contributed by atoms with Gasteiger partial charge in [-0.05, 0) is 18.8 Å². The van der Waals surface area contributed by atoms with Crippen LogP contribution in [0.25, 0.3) is 0 Å². The quantitative estimate of drug-likeness (QED) is 0.857. The van der Waals surface area contributed by atoms with Gasteiger partial charge in [0.25, 0.3) is 0 Å². The number of nitrogens with zero attached hydrogens (tertiary/aromatic N) is 1. The molecule has 0 saturated heterocycles. The summed E-state index contributed by atoms with van der Waals surface area (Å²) in [6.07, 6.45) is 1.28. The van der Waals surface area contributed by atoms with E-state index in [1.54, 1.807) is 11.3 Å². The first-order chi connectivity index (χ1) is 6.92. The first-order valence-corrected chi connectivity index (χ1v) is 6.50. The van der Waals surface area contributed by atoms with Crippen molar-refractivity contribution in [2.75, 3.05) is 0 Å². The van der Waals surface area contributed by atoms with Crippen LogP contribution in [0, 0.1) is 5.41 Å². The molecular weight excluding hydrogens is 204 g/mol. The molecule has 0 amide bonds. The van der Waals surface area contributed by atoms with Gasteiger partial charge in [0.2, 0.25) is 0 Å². The van der Waals surface area contributed by atoms with E-state index in [1.165, 1.54) is 17.1 Å². The molecule has 1 saturated carbocycles. The first-order valence-electron chi connectivity index (χ1n) is 5.62. The van der Waals surface area contributed by atoms with Crippen LogP contribution in [0.2, 0.25) is 0 Å². The number of hydrogen-bond donors (Lipinski definition) is 1. The minimum Gasteiger partial charge on any atom is -0.327 e. The Kier molecular flexibility index (Phi) is 2.63. The number of aromatic nitrogens is 1. The average Bonchev–Trinajstić information content (AvgIpc) is 2.64. The molecule has 84 valence electrons. The van der Waals surface area contributed by atoms with Crippen LogP contribution in [-0.4, -0.2) is 11.0 Å². The Balaban J connectivity index is 2.12. The summed E-state index contributed by atoms with van der Waals surface area (Å²) >= 11 is 1.80. The zero-order valence-corrected chi connectivity index (χ0v) is 10.8. The molecule has 0 bridgehead atoms. The molecule has 1 aromatic rings. The Morgan fingerprint density at radius 1 is 1.53 bits per heavy atom. The van der Waals surface area contributed by atoms with Crippen LogP contribution >= 0.6 is 11.3 Å². The molecule has 3 atom stereocenters. The zero-order valence-electron chi connectivity index (χ0n) is 9.95. The molecule has 1 fully saturated rings. The van der Waals surface area contributed by atoms with Crippen LogP contribution in [0.1, 0.15) is 56.7 Å². The van der Waals surface area contributed by atoms with Crippen molar-refractivity contribution < 1.29 is 0 Å². The molecule has 0 spiro atoms. The molecule has 3 heteroatoms. The smallest absolute Gasteiger partial charge is 0.0964 e. The van der Waals surface area contributed by atoms with Crippen molar-refractivity contribution in [3.05, 3.63) is 16.1 Å². The van der Waals surface area contributed by atoms with E-state index in [0.29, 0.717) is 17.3 Å². The lowest BCUT2D eigenvalue weighted by Gasteiger charge is -2.12. The summed E-state index contributed by atoms with van der Waals surface area (Å²) in [5.41, 5.74) is 7.54. The Bertz CT molecular complexity index is 338. The maximum Gasteiger partial charge on any atom is 0.0964 e. The van der Waals surface area contributed by atoms with E-state index < -0.39 is 0 Å². The van der Waals surface area contributed by atoms with Crippen LogP contribution in [0.5, 0.6) is 0 Å². The van der Waals surface area contributed by atoms with Gasteiger partial charge in [-0.2, -0.15) is 0 Å². The van der Waals surface area contributed by atoms with Crippen molar-refractivity contribution in [3.63, 3.8) is 0 Å². The molecule has 1 heterocycles. The zero-order chi connectivity index (χ0) is 11.2. The second-order valence-electron chi connectivity index (χ2n) is 5.50. The topological polar surface area (TPSA) is 38.9 Å². The fourth-order valence-corrected chi connectivity index (χ4v) is 3.06. The largest absolute Gasteiger partial charge is 0.327 e. The van der Waals surface area contributed by atoms with Crippen molar-refractivity contribution >= 4 is 11.3 Å². The van der Waals surface area contributed by atoms with Gasteiger partial charge in [0.15, 0.2) is 0 Å². The van der Waals surface area contributed by atoms with Gasteiger partial charge in [-0.15, -0.1) is 11.3 Å². The molecule has 2 rings (SSSR count). The number of nitrogens with two attached hydrogens (primary N) is 1. The van der Waals surface area contributed by atoms with Gasteiger partial charge in [0, 0.05) is 23.3 Å². The van der Waals surface area contributed by atoms with E-state index in [-0.39, 0.29) is 6.04 Å². The lowest BCUT2D eigenvalue weighted by molar-refractivity contribution is 0.593. The highest BCUT2D eigenvalue weighted by Crippen LogP contribution is 2.59. The third kappa shape index (κ3) is 2.08. The van der Waals surface area contributed by atoms with Crippen molar-refractivity contribution in [1.82, 2.24) is 4.98 Å². The van der Waals surface area contributed by atoms with Gasteiger partial charge < -0.3 is 5.73 Å². The average molecular weight is 224 g/mol. The lowest BCUT2D eigenvalue weighted by atomic mass is 10.0. The minimum absolute atomic E-state index is 0.187. The van der Waals surface area contributed by atoms with Crippen LogP contribution in [-0.2, 0) is 0 Å². The standard InChI is InChI=1S/C12H20N2S/c1-7(8(2)13)10-6-15-11(14-10)9-5-12(9,3)4/h6-9H,5,13H2,1-4H3. The van der Waals surface area contributed by atoms with E-state index in [9.17, 15) is 0 Å². The highest BCUT2D eigenvalue weighted by Gasteiger charge is 2.48. The molecular formula is C12H20N2S. The SMILES string of the molecule is CC(N)C(C)c1csc(C2CC2(C)C)n1. The summed E-state index contributed by atoms with van der Waals surface area (Å²) in [7, 11) is 0. The molecule has 3 unspecified atom stereocenters. The van der Waals surface area contributed by atoms with E-state index in [0.717, 1.165) is 0 Å². The molecule has 1 aromatic heterocycles. The van der Waals surface area contributed by atoms with Gasteiger partial charge in [0.05, 0.1) is 10.7 Å². The van der Waals surface area contributed by atoms with Crippen LogP contribution in [0.15, 0.2) is 5.38 Å². The predicted molar refractivity (Wildman–Crippen MR) is 65.3 cm³/mol. The van der Waals surface area contributed by atoms with Gasteiger partial charge in [-0.1, -0.05) is 20.8 Å². The molecule has 0 radical (unpaired) electrons. The maximum absolute atomic E-state index is 5.89. The summed E-state index contributed by atoms with van der Waals surface area (Å²) in [4.78, 5) is 4.73. The van der Waals surface area contributed by atoms with E-state index in [2.05, 4.69) is 26.2 Å². The molecule has 0 aliphatic heterocycles. The molecule has 2 nitrogen and oxygen atoms in total. The maximum atomic E-state index is 5.89. The normalized spacial score (nSPS) is 27.4. The van der Waals surface area contributed by atoms with Crippen molar-refractivity contribution in [2.24, 2.45) is 11.1 Å². The first kappa shape index (κ1) is 11.1. The fraction of sp³-hybridized carbons (Fsp3) is 0.750. The van der Waals surface area contributed by atoms with Gasteiger partial charge in [-0.25, -0.2) is 4.98 Å². The molecule has 0 aromatic carbocycles. The predicted octanol–water partition coefficient (Wildman–Crippen LogP) is 3.11. The lowest BCUT2D eigenvalue weighted by Crippen LogP contribution is -2.22. The van der Waals surface area contributed by atoms with Gasteiger partial charge in [0.1, 0.15) is 0 Å². The number of thiazole rings is 1. The Morgan fingerprint density at radius 2 is 2.13 bits per heavy atom. The Hall–Kier alpha value is -0.410. The summed E-state index contributed by atoms with van der Waals surface area (Å²) < 4.78 is 0. The monoisotopic (exact) mass is 224 g/mol. The molecule has 15 heavy (non-hydrogen) atoms. The summed E-state index contributed by atoms with van der Waals surface area (Å²) in [5, 5.41) is 3.49. The Labute approximate surface area is 95.9 Å². The summed E-state index contributed by atoms with van der Waals surface area (Å²) in [6, 6.07) is 0.187. The number of hydrogen-bond acceptors (Lipinski definition) is 3. The summed E-state index contributed by atoms with van der Waals surface area (Å²) in [5.74, 6) is 1.06. The number of rotatable bonds is 3. The molecule has 2 N–H and O–H groups in total. The summed E-state index contributed by atoms with van der Waals surface area (Å²) in [6.45, 7) is 8.83. The van der Waals surface area contributed by atoms with Crippen LogP contribution < -0.4 is 5.73 Å². The highest BCUT2D eigenvalue weighted by atomic mass is 32.1.